The highest BCUT2D eigenvalue weighted by Crippen LogP contribution is 2.32. The molecule has 2 aliphatic rings. The predicted molar refractivity (Wildman–Crippen MR) is 92.4 cm³/mol. The second-order valence-corrected chi connectivity index (χ2v) is 9.05. The molecule has 0 bridgehead atoms. The summed E-state index contributed by atoms with van der Waals surface area (Å²) in [6.07, 6.45) is 2.20. The number of carbonyl (C=O) groups is 2. The first-order chi connectivity index (χ1) is 11.8. The fourth-order valence-electron chi connectivity index (χ4n) is 3.09. The Morgan fingerprint density at radius 1 is 1.24 bits per heavy atom. The molecule has 3 rings (SSSR count). The number of hydrogen-bond donors (Lipinski definition) is 1. The molecule has 1 saturated heterocycles. The number of ether oxygens (including phenoxy) is 1. The van der Waals surface area contributed by atoms with Gasteiger partial charge in [-0.15, -0.1) is 0 Å². The molecule has 1 aromatic carbocycles. The van der Waals surface area contributed by atoms with Crippen LogP contribution in [0.15, 0.2) is 18.2 Å². The summed E-state index contributed by atoms with van der Waals surface area (Å²) in [4.78, 5) is 25.7. The molecule has 0 spiro atoms. The van der Waals surface area contributed by atoms with Crippen molar-refractivity contribution in [3.8, 4) is 5.75 Å². The third-order valence-corrected chi connectivity index (χ3v) is 6.37. The average molecular weight is 387 g/mol. The van der Waals surface area contributed by atoms with Crippen LogP contribution in [0.5, 0.6) is 5.75 Å². The van der Waals surface area contributed by atoms with Crippen LogP contribution in [-0.2, 0) is 14.6 Å². The largest absolute Gasteiger partial charge is 0.483 e. The Hall–Kier alpha value is -1.80. The lowest BCUT2D eigenvalue weighted by Gasteiger charge is -2.28. The summed E-state index contributed by atoms with van der Waals surface area (Å²) in [5, 5.41) is 0.336. The molecular formula is C16H19ClN2O5S. The average Bonchev–Trinajstić information content (AvgIpc) is 3.29. The van der Waals surface area contributed by atoms with E-state index in [1.165, 1.54) is 18.2 Å². The van der Waals surface area contributed by atoms with Crippen LogP contribution in [0.2, 0.25) is 5.02 Å². The number of nitrogens with two attached hydrogens (primary N) is 1. The lowest BCUT2D eigenvalue weighted by Crippen LogP contribution is -2.45. The van der Waals surface area contributed by atoms with Crippen molar-refractivity contribution in [3.63, 3.8) is 0 Å². The second-order valence-electron chi connectivity index (χ2n) is 6.38. The van der Waals surface area contributed by atoms with Gasteiger partial charge in [-0.2, -0.15) is 0 Å². The lowest BCUT2D eigenvalue weighted by molar-refractivity contribution is -0.135. The Labute approximate surface area is 151 Å². The van der Waals surface area contributed by atoms with Crippen LogP contribution >= 0.6 is 11.6 Å². The van der Waals surface area contributed by atoms with Crippen LogP contribution in [0, 0.1) is 0 Å². The molecule has 0 unspecified atom stereocenters. The van der Waals surface area contributed by atoms with Gasteiger partial charge in [-0.25, -0.2) is 8.42 Å². The van der Waals surface area contributed by atoms with Crippen molar-refractivity contribution in [3.05, 3.63) is 28.8 Å². The Balaban J connectivity index is 1.70. The number of amides is 2. The number of nitrogens with zero attached hydrogens (tertiary/aromatic N) is 1. The van der Waals surface area contributed by atoms with Crippen LogP contribution < -0.4 is 10.5 Å². The zero-order valence-electron chi connectivity index (χ0n) is 13.5. The number of sulfone groups is 1. The summed E-state index contributed by atoms with van der Waals surface area (Å²) in [7, 11) is -3.08. The predicted octanol–water partition coefficient (Wildman–Crippen LogP) is 0.996. The van der Waals surface area contributed by atoms with Gasteiger partial charge in [0.15, 0.2) is 16.4 Å². The number of rotatable bonds is 6. The van der Waals surface area contributed by atoms with Gasteiger partial charge in [0.1, 0.15) is 5.75 Å². The number of primary amides is 1. The summed E-state index contributed by atoms with van der Waals surface area (Å²) >= 11 is 5.84. The van der Waals surface area contributed by atoms with E-state index >= 15 is 0 Å². The molecular weight excluding hydrogens is 368 g/mol. The summed E-state index contributed by atoms with van der Waals surface area (Å²) < 4.78 is 28.9. The van der Waals surface area contributed by atoms with E-state index in [-0.39, 0.29) is 47.4 Å². The quantitative estimate of drug-likeness (QED) is 0.784. The van der Waals surface area contributed by atoms with Crippen molar-refractivity contribution in [2.75, 3.05) is 18.1 Å². The number of benzene rings is 1. The molecule has 0 radical (unpaired) electrons. The first-order valence-electron chi connectivity index (χ1n) is 8.00. The van der Waals surface area contributed by atoms with E-state index in [1.807, 2.05) is 0 Å². The monoisotopic (exact) mass is 386 g/mol. The zero-order valence-corrected chi connectivity index (χ0v) is 15.1. The van der Waals surface area contributed by atoms with Crippen LogP contribution in [0.1, 0.15) is 29.6 Å². The molecule has 1 saturated carbocycles. The van der Waals surface area contributed by atoms with Crippen LogP contribution in [0.3, 0.4) is 0 Å². The fraction of sp³-hybridized carbons (Fsp3) is 0.500. The molecule has 2 N–H and O–H groups in total. The van der Waals surface area contributed by atoms with Gasteiger partial charge in [0.2, 0.25) is 0 Å². The number of hydrogen-bond acceptors (Lipinski definition) is 5. The minimum absolute atomic E-state index is 0.00270. The number of carbonyl (C=O) groups excluding carboxylic acids is 2. The number of halogens is 1. The van der Waals surface area contributed by atoms with Crippen molar-refractivity contribution in [2.24, 2.45) is 5.73 Å². The van der Waals surface area contributed by atoms with Crippen LogP contribution in [0.4, 0.5) is 0 Å². The SMILES string of the molecule is NC(=O)c1cc(Cl)ccc1OCC(=O)N(C1CC1)[C@H]1CCS(=O)(=O)C1. The molecule has 2 fully saturated rings. The minimum Gasteiger partial charge on any atom is -0.483 e. The summed E-state index contributed by atoms with van der Waals surface area (Å²) in [6.45, 7) is -0.283. The van der Waals surface area contributed by atoms with E-state index < -0.39 is 15.7 Å². The smallest absolute Gasteiger partial charge is 0.261 e. The van der Waals surface area contributed by atoms with Gasteiger partial charge in [-0.1, -0.05) is 11.6 Å². The van der Waals surface area contributed by atoms with Crippen LogP contribution in [-0.4, -0.2) is 55.3 Å². The molecule has 25 heavy (non-hydrogen) atoms. The van der Waals surface area contributed by atoms with Crippen molar-refractivity contribution in [1.82, 2.24) is 4.90 Å². The Morgan fingerprint density at radius 2 is 1.96 bits per heavy atom. The van der Waals surface area contributed by atoms with Gasteiger partial charge in [-0.3, -0.25) is 9.59 Å². The molecule has 1 heterocycles. The fourth-order valence-corrected chi connectivity index (χ4v) is 4.97. The van der Waals surface area contributed by atoms with Gasteiger partial charge < -0.3 is 15.4 Å². The molecule has 7 nitrogen and oxygen atoms in total. The van der Waals surface area contributed by atoms with E-state index in [1.54, 1.807) is 4.90 Å². The molecule has 2 amide bonds. The van der Waals surface area contributed by atoms with E-state index in [4.69, 9.17) is 22.1 Å². The van der Waals surface area contributed by atoms with E-state index in [0.29, 0.717) is 11.4 Å². The Bertz CT molecular complexity index is 807. The second kappa shape index (κ2) is 6.84. The summed E-state index contributed by atoms with van der Waals surface area (Å²) in [5.41, 5.74) is 5.40. The standard InChI is InChI=1S/C16H19ClN2O5S/c17-10-1-4-14(13(7-10)16(18)21)24-8-15(20)19(11-2-3-11)12-5-6-25(22,23)9-12/h1,4,7,11-12H,2-3,5-6,8-9H2,(H2,18,21)/t12-/m0/s1. The third kappa shape index (κ3) is 4.24. The van der Waals surface area contributed by atoms with E-state index in [9.17, 15) is 18.0 Å². The Kier molecular flexibility index (Phi) is 4.92. The first kappa shape index (κ1) is 18.0. The molecule has 0 aromatic heterocycles. The topological polar surface area (TPSA) is 107 Å². The van der Waals surface area contributed by atoms with Crippen molar-refractivity contribution in [1.29, 1.82) is 0 Å². The molecule has 1 aliphatic carbocycles. The van der Waals surface area contributed by atoms with E-state index in [2.05, 4.69) is 0 Å². The highest BCUT2D eigenvalue weighted by Gasteiger charge is 2.42. The molecule has 9 heteroatoms. The minimum atomic E-state index is -3.08. The molecule has 1 atom stereocenters. The van der Waals surface area contributed by atoms with Gasteiger partial charge in [0.05, 0.1) is 17.1 Å². The molecule has 136 valence electrons. The van der Waals surface area contributed by atoms with Crippen molar-refractivity contribution >= 4 is 33.3 Å². The van der Waals surface area contributed by atoms with Gasteiger partial charge >= 0.3 is 0 Å². The molecule has 1 aromatic rings. The van der Waals surface area contributed by atoms with Gasteiger partial charge in [0, 0.05) is 17.1 Å². The Morgan fingerprint density at radius 3 is 2.52 bits per heavy atom. The van der Waals surface area contributed by atoms with Crippen molar-refractivity contribution in [2.45, 2.75) is 31.3 Å². The molecule has 1 aliphatic heterocycles. The lowest BCUT2D eigenvalue weighted by atomic mass is 10.2. The summed E-state index contributed by atoms with van der Waals surface area (Å²) in [5.74, 6) is -0.693. The maximum absolute atomic E-state index is 12.6. The van der Waals surface area contributed by atoms with Crippen molar-refractivity contribution < 1.29 is 22.7 Å². The normalized spacial score (nSPS) is 21.7. The first-order valence-corrected chi connectivity index (χ1v) is 10.2. The highest BCUT2D eigenvalue weighted by atomic mass is 35.5. The highest BCUT2D eigenvalue weighted by molar-refractivity contribution is 7.91. The van der Waals surface area contributed by atoms with E-state index in [0.717, 1.165) is 12.8 Å². The van der Waals surface area contributed by atoms with Crippen LogP contribution in [0.25, 0.3) is 0 Å². The van der Waals surface area contributed by atoms with Gasteiger partial charge in [0.25, 0.3) is 11.8 Å². The zero-order chi connectivity index (χ0) is 18.2. The summed E-state index contributed by atoms with van der Waals surface area (Å²) in [6, 6.07) is 4.18. The third-order valence-electron chi connectivity index (χ3n) is 4.39. The maximum Gasteiger partial charge on any atom is 0.261 e. The maximum atomic E-state index is 12.6. The van der Waals surface area contributed by atoms with Gasteiger partial charge in [-0.05, 0) is 37.5 Å².